The lowest BCUT2D eigenvalue weighted by molar-refractivity contribution is 0.182. The van der Waals surface area contributed by atoms with Gasteiger partial charge in [0.15, 0.2) is 5.82 Å². The van der Waals surface area contributed by atoms with E-state index in [1.54, 1.807) is 14.0 Å². The predicted molar refractivity (Wildman–Crippen MR) is 68.7 cm³/mol. The Bertz CT molecular complexity index is 385. The van der Waals surface area contributed by atoms with E-state index < -0.39 is 11.6 Å². The molecule has 0 aliphatic heterocycles. The molecule has 0 spiro atoms. The first-order valence-corrected chi connectivity index (χ1v) is 6.00. The lowest BCUT2D eigenvalue weighted by atomic mass is 10.1. The van der Waals surface area contributed by atoms with E-state index in [0.29, 0.717) is 25.1 Å². The molecule has 0 saturated heterocycles. The van der Waals surface area contributed by atoms with Crippen molar-refractivity contribution in [1.29, 1.82) is 0 Å². The molecule has 18 heavy (non-hydrogen) atoms. The topological polar surface area (TPSA) is 47.3 Å². The fourth-order valence-electron chi connectivity index (χ4n) is 1.76. The molecule has 3 nitrogen and oxygen atoms in total. The van der Waals surface area contributed by atoms with Crippen LogP contribution < -0.4 is 11.1 Å². The highest BCUT2D eigenvalue weighted by molar-refractivity contribution is 5.49. The maximum absolute atomic E-state index is 13.8. The van der Waals surface area contributed by atoms with Crippen molar-refractivity contribution in [3.8, 4) is 0 Å². The van der Waals surface area contributed by atoms with E-state index in [1.807, 2.05) is 0 Å². The molecule has 0 heterocycles. The molecule has 1 unspecified atom stereocenters. The normalized spacial score (nSPS) is 12.5. The maximum Gasteiger partial charge on any atom is 0.152 e. The van der Waals surface area contributed by atoms with Gasteiger partial charge >= 0.3 is 0 Å². The molecule has 1 aromatic rings. The minimum absolute atomic E-state index is 0.0888. The first-order chi connectivity index (χ1) is 8.60. The number of halogens is 2. The van der Waals surface area contributed by atoms with Crippen molar-refractivity contribution in [2.75, 3.05) is 25.6 Å². The quantitative estimate of drug-likeness (QED) is 0.789. The molecule has 0 saturated carbocycles. The molecule has 0 aromatic heterocycles. The summed E-state index contributed by atoms with van der Waals surface area (Å²) in [6.07, 6.45) is 1.48. The van der Waals surface area contributed by atoms with Crippen molar-refractivity contribution in [2.45, 2.75) is 25.8 Å². The highest BCUT2D eigenvalue weighted by Crippen LogP contribution is 2.23. The van der Waals surface area contributed by atoms with E-state index in [2.05, 4.69) is 5.32 Å². The third kappa shape index (κ3) is 3.92. The minimum Gasteiger partial charge on any atom is -0.383 e. The minimum atomic E-state index is -0.591. The van der Waals surface area contributed by atoms with Crippen LogP contribution in [0.3, 0.4) is 0 Å². The average molecular weight is 258 g/mol. The molecular formula is C13H20F2N2O. The number of ether oxygens (including phenoxy) is 1. The van der Waals surface area contributed by atoms with Gasteiger partial charge in [-0.25, -0.2) is 8.78 Å². The third-order valence-electron chi connectivity index (χ3n) is 2.76. The summed E-state index contributed by atoms with van der Waals surface area (Å²) in [6.45, 7) is 2.53. The van der Waals surface area contributed by atoms with Crippen molar-refractivity contribution in [2.24, 2.45) is 5.73 Å². The Balaban J connectivity index is 2.82. The molecule has 0 aliphatic rings. The maximum atomic E-state index is 13.8. The van der Waals surface area contributed by atoms with Crippen LogP contribution in [0.15, 0.2) is 12.1 Å². The van der Waals surface area contributed by atoms with Gasteiger partial charge < -0.3 is 15.8 Å². The number of aryl methyl sites for hydroxylation is 1. The van der Waals surface area contributed by atoms with Crippen LogP contribution in [-0.2, 0) is 4.74 Å². The zero-order chi connectivity index (χ0) is 13.5. The Labute approximate surface area is 106 Å². The summed E-state index contributed by atoms with van der Waals surface area (Å²) >= 11 is 0. The number of nitrogens with one attached hydrogen (secondary N) is 1. The van der Waals surface area contributed by atoms with Gasteiger partial charge in [0.25, 0.3) is 0 Å². The number of hydrogen-bond acceptors (Lipinski definition) is 3. The second-order valence-electron chi connectivity index (χ2n) is 4.28. The third-order valence-corrected chi connectivity index (χ3v) is 2.76. The Morgan fingerprint density at radius 1 is 1.39 bits per heavy atom. The average Bonchev–Trinajstić information content (AvgIpc) is 2.36. The summed E-state index contributed by atoms with van der Waals surface area (Å²) in [5, 5.41) is 2.86. The fraction of sp³-hybridized carbons (Fsp3) is 0.538. The second-order valence-corrected chi connectivity index (χ2v) is 4.28. The molecule has 0 fully saturated rings. The van der Waals surface area contributed by atoms with Crippen molar-refractivity contribution in [3.63, 3.8) is 0 Å². The van der Waals surface area contributed by atoms with Gasteiger partial charge in [0, 0.05) is 13.2 Å². The molecule has 1 atom stereocenters. The van der Waals surface area contributed by atoms with Crippen molar-refractivity contribution >= 4 is 5.69 Å². The highest BCUT2D eigenvalue weighted by Gasteiger charge is 2.15. The van der Waals surface area contributed by atoms with E-state index in [0.717, 1.165) is 6.42 Å². The van der Waals surface area contributed by atoms with Gasteiger partial charge in [0.05, 0.1) is 6.61 Å². The molecule has 1 rings (SSSR count). The first-order valence-electron chi connectivity index (χ1n) is 6.00. The van der Waals surface area contributed by atoms with E-state index in [1.165, 1.54) is 12.1 Å². The summed E-state index contributed by atoms with van der Waals surface area (Å²) < 4.78 is 32.4. The van der Waals surface area contributed by atoms with E-state index in [4.69, 9.17) is 10.5 Å². The number of nitrogens with two attached hydrogens (primary N) is 1. The van der Waals surface area contributed by atoms with Crippen LogP contribution in [-0.4, -0.2) is 26.3 Å². The molecule has 0 aliphatic carbocycles. The second kappa shape index (κ2) is 7.28. The van der Waals surface area contributed by atoms with Crippen LogP contribution in [0.5, 0.6) is 0 Å². The fourth-order valence-corrected chi connectivity index (χ4v) is 1.76. The van der Waals surface area contributed by atoms with E-state index in [9.17, 15) is 8.78 Å². The summed E-state index contributed by atoms with van der Waals surface area (Å²) in [4.78, 5) is 0. The van der Waals surface area contributed by atoms with Crippen molar-refractivity contribution in [3.05, 3.63) is 29.3 Å². The molecule has 102 valence electrons. The largest absolute Gasteiger partial charge is 0.383 e. The predicted octanol–water partition coefficient (Wildman–Crippen LogP) is 2.44. The summed E-state index contributed by atoms with van der Waals surface area (Å²) in [7, 11) is 1.56. The molecule has 1 aromatic carbocycles. The van der Waals surface area contributed by atoms with Gasteiger partial charge in [-0.15, -0.1) is 0 Å². The van der Waals surface area contributed by atoms with Crippen LogP contribution in [0.4, 0.5) is 14.5 Å². The SMILES string of the molecule is COCC(CCCN)Nc1c(F)ccc(C)c1F. The molecule has 3 N–H and O–H groups in total. The smallest absolute Gasteiger partial charge is 0.152 e. The van der Waals surface area contributed by atoms with Crippen LogP contribution >= 0.6 is 0 Å². The van der Waals surface area contributed by atoms with Gasteiger partial charge in [0.2, 0.25) is 0 Å². The number of hydrogen-bond donors (Lipinski definition) is 2. The first kappa shape index (κ1) is 14.9. The molecular weight excluding hydrogens is 238 g/mol. The Morgan fingerprint density at radius 3 is 2.72 bits per heavy atom. The number of methoxy groups -OCH3 is 1. The molecule has 5 heteroatoms. The summed E-state index contributed by atoms with van der Waals surface area (Å²) in [6, 6.07) is 2.53. The molecule has 0 bridgehead atoms. The van der Waals surface area contributed by atoms with E-state index in [-0.39, 0.29) is 11.7 Å². The summed E-state index contributed by atoms with van der Waals surface area (Å²) in [5.74, 6) is -1.14. The van der Waals surface area contributed by atoms with Gasteiger partial charge in [-0.1, -0.05) is 6.07 Å². The Morgan fingerprint density at radius 2 is 2.11 bits per heavy atom. The van der Waals surface area contributed by atoms with Crippen LogP contribution in [0, 0.1) is 18.6 Å². The van der Waals surface area contributed by atoms with Crippen LogP contribution in [0.2, 0.25) is 0 Å². The standard InChI is InChI=1S/C13H20F2N2O/c1-9-5-6-11(14)13(12(9)15)17-10(8-18-2)4-3-7-16/h5-6,10,17H,3-4,7-8,16H2,1-2H3. The van der Waals surface area contributed by atoms with Gasteiger partial charge in [-0.3, -0.25) is 0 Å². The monoisotopic (exact) mass is 258 g/mol. The Hall–Kier alpha value is -1.20. The van der Waals surface area contributed by atoms with Gasteiger partial charge in [-0.2, -0.15) is 0 Å². The number of benzene rings is 1. The van der Waals surface area contributed by atoms with Crippen LogP contribution in [0.25, 0.3) is 0 Å². The molecule has 0 radical (unpaired) electrons. The number of rotatable bonds is 7. The lowest BCUT2D eigenvalue weighted by Crippen LogP contribution is -2.27. The lowest BCUT2D eigenvalue weighted by Gasteiger charge is -2.20. The highest BCUT2D eigenvalue weighted by atomic mass is 19.1. The Kier molecular flexibility index (Phi) is 6.01. The van der Waals surface area contributed by atoms with Crippen molar-refractivity contribution in [1.82, 2.24) is 0 Å². The van der Waals surface area contributed by atoms with Crippen molar-refractivity contribution < 1.29 is 13.5 Å². The zero-order valence-electron chi connectivity index (χ0n) is 10.8. The van der Waals surface area contributed by atoms with Crippen LogP contribution in [0.1, 0.15) is 18.4 Å². The van der Waals surface area contributed by atoms with Gasteiger partial charge in [0.1, 0.15) is 11.5 Å². The summed E-state index contributed by atoms with van der Waals surface area (Å²) in [5.41, 5.74) is 5.76. The molecule has 0 amide bonds. The van der Waals surface area contributed by atoms with E-state index >= 15 is 0 Å². The van der Waals surface area contributed by atoms with Gasteiger partial charge in [-0.05, 0) is 37.9 Å². The zero-order valence-corrected chi connectivity index (χ0v) is 10.8. The number of anilines is 1.